The van der Waals surface area contributed by atoms with Gasteiger partial charge in [0.1, 0.15) is 6.61 Å². The zero-order chi connectivity index (χ0) is 24.9. The number of carboxylic acid groups (broad SMARTS) is 1. The van der Waals surface area contributed by atoms with Crippen LogP contribution >= 0.6 is 0 Å². The number of alkyl carbamates (subject to hydrolysis) is 1. The number of ether oxygens (including phenoxy) is 1. The lowest BCUT2D eigenvalue weighted by Crippen LogP contribution is -2.50. The first-order valence-corrected chi connectivity index (χ1v) is 10.8. The van der Waals surface area contributed by atoms with E-state index in [4.69, 9.17) is 9.84 Å². The zero-order valence-electron chi connectivity index (χ0n) is 18.4. The molecule has 2 atom stereocenters. The van der Waals surface area contributed by atoms with E-state index in [1.807, 2.05) is 48.5 Å². The number of aliphatic carboxylic acids is 1. The Morgan fingerprint density at radius 1 is 1.03 bits per heavy atom. The van der Waals surface area contributed by atoms with E-state index in [9.17, 15) is 27.6 Å². The fourth-order valence-corrected chi connectivity index (χ4v) is 3.90. The summed E-state index contributed by atoms with van der Waals surface area (Å²) in [5.74, 6) is -3.54. The molecule has 0 radical (unpaired) electrons. The number of alkyl halides is 3. The smallest absolute Gasteiger partial charge is 0.419 e. The molecule has 0 bridgehead atoms. The van der Waals surface area contributed by atoms with Crippen molar-refractivity contribution in [3.05, 3.63) is 59.7 Å². The molecule has 0 spiro atoms. The molecule has 34 heavy (non-hydrogen) atoms. The Balaban J connectivity index is 1.43. The van der Waals surface area contributed by atoms with Gasteiger partial charge in [-0.1, -0.05) is 55.5 Å². The average molecular weight is 478 g/mol. The third-order valence-electron chi connectivity index (χ3n) is 5.68. The van der Waals surface area contributed by atoms with Crippen molar-refractivity contribution in [3.63, 3.8) is 0 Å². The maximum absolute atomic E-state index is 12.6. The van der Waals surface area contributed by atoms with Crippen LogP contribution in [-0.4, -0.2) is 48.4 Å². The Labute approximate surface area is 194 Å². The summed E-state index contributed by atoms with van der Waals surface area (Å²) in [6.45, 7) is 1.99. The first-order valence-electron chi connectivity index (χ1n) is 10.8. The van der Waals surface area contributed by atoms with Crippen molar-refractivity contribution in [2.45, 2.75) is 37.9 Å². The predicted molar refractivity (Wildman–Crippen MR) is 117 cm³/mol. The molecule has 1 aliphatic carbocycles. The lowest BCUT2D eigenvalue weighted by Gasteiger charge is -2.18. The molecular formula is C24H25F3N2O5. The highest BCUT2D eigenvalue weighted by atomic mass is 19.4. The van der Waals surface area contributed by atoms with Crippen LogP contribution in [0.3, 0.4) is 0 Å². The molecular weight excluding hydrogens is 453 g/mol. The largest absolute Gasteiger partial charge is 0.479 e. The summed E-state index contributed by atoms with van der Waals surface area (Å²) in [6, 6.07) is 12.9. The first-order chi connectivity index (χ1) is 16.1. The van der Waals surface area contributed by atoms with Crippen LogP contribution in [0.5, 0.6) is 0 Å². The quantitative estimate of drug-likeness (QED) is 0.504. The fourth-order valence-electron chi connectivity index (χ4n) is 3.90. The molecule has 182 valence electrons. The van der Waals surface area contributed by atoms with E-state index < -0.39 is 30.2 Å². The summed E-state index contributed by atoms with van der Waals surface area (Å²) in [5, 5.41) is 12.7. The van der Waals surface area contributed by atoms with Gasteiger partial charge in [0.15, 0.2) is 0 Å². The van der Waals surface area contributed by atoms with Gasteiger partial charge in [0.2, 0.25) is 11.9 Å². The number of hydrogen-bond donors (Lipinski definition) is 3. The van der Waals surface area contributed by atoms with Gasteiger partial charge in [-0.25, -0.2) is 9.59 Å². The van der Waals surface area contributed by atoms with Crippen LogP contribution in [0.1, 0.15) is 36.8 Å². The van der Waals surface area contributed by atoms with Gasteiger partial charge in [0.25, 0.3) is 0 Å². The number of carbonyl (C=O) groups excluding carboxylic acids is 2. The lowest BCUT2D eigenvalue weighted by atomic mass is 9.98. The van der Waals surface area contributed by atoms with Crippen LogP contribution in [0.4, 0.5) is 18.0 Å². The Bertz CT molecular complexity index is 1010. The Kier molecular flexibility index (Phi) is 7.80. The van der Waals surface area contributed by atoms with Gasteiger partial charge in [0, 0.05) is 18.9 Å². The van der Waals surface area contributed by atoms with E-state index in [2.05, 4.69) is 5.32 Å². The maximum Gasteiger partial charge on any atom is 0.419 e. The summed E-state index contributed by atoms with van der Waals surface area (Å²) >= 11 is 0. The maximum atomic E-state index is 12.6. The predicted octanol–water partition coefficient (Wildman–Crippen LogP) is 4.07. The molecule has 2 amide bonds. The van der Waals surface area contributed by atoms with Gasteiger partial charge in [-0.05, 0) is 34.6 Å². The molecule has 7 nitrogen and oxygen atoms in total. The number of fused-ring (bicyclic) bond motifs is 3. The molecule has 10 heteroatoms. The van der Waals surface area contributed by atoms with Crippen molar-refractivity contribution >= 4 is 18.0 Å². The van der Waals surface area contributed by atoms with Crippen molar-refractivity contribution in [2.24, 2.45) is 5.92 Å². The van der Waals surface area contributed by atoms with Crippen molar-refractivity contribution in [3.8, 4) is 11.1 Å². The molecule has 3 rings (SSSR count). The third-order valence-corrected chi connectivity index (χ3v) is 5.68. The second-order valence-electron chi connectivity index (χ2n) is 8.23. The summed E-state index contributed by atoms with van der Waals surface area (Å²) < 4.78 is 43.3. The van der Waals surface area contributed by atoms with Crippen LogP contribution in [0.15, 0.2) is 48.5 Å². The van der Waals surface area contributed by atoms with E-state index >= 15 is 0 Å². The number of carbonyl (C=O) groups is 3. The molecule has 2 aromatic rings. The standard InChI is InChI=1S/C24H25F3N2O5/c1-14(10-11-20(30)29-21(22(31)32)24(25,26)27)12-28-23(33)34-13-19-17-8-4-2-6-15(17)16-7-3-5-9-18(16)19/h2-9,14,19,21H,10-13H2,1H3,(H,28,33)(H,29,30)(H,31,32). The number of rotatable bonds is 9. The topological polar surface area (TPSA) is 105 Å². The van der Waals surface area contributed by atoms with Crippen molar-refractivity contribution in [1.29, 1.82) is 0 Å². The molecule has 2 aromatic carbocycles. The van der Waals surface area contributed by atoms with Crippen LogP contribution in [0.2, 0.25) is 0 Å². The molecule has 0 aromatic heterocycles. The third kappa shape index (κ3) is 6.06. The Morgan fingerprint density at radius 3 is 2.12 bits per heavy atom. The Hall–Kier alpha value is -3.56. The second-order valence-corrected chi connectivity index (χ2v) is 8.23. The molecule has 3 N–H and O–H groups in total. The highest BCUT2D eigenvalue weighted by molar-refractivity contribution is 5.84. The van der Waals surface area contributed by atoms with E-state index in [1.54, 1.807) is 6.92 Å². The summed E-state index contributed by atoms with van der Waals surface area (Å²) in [7, 11) is 0. The van der Waals surface area contributed by atoms with Gasteiger partial charge in [-0.2, -0.15) is 13.2 Å². The Morgan fingerprint density at radius 2 is 1.59 bits per heavy atom. The number of halogens is 3. The highest BCUT2D eigenvalue weighted by Gasteiger charge is 2.46. The van der Waals surface area contributed by atoms with Crippen LogP contribution in [-0.2, 0) is 14.3 Å². The number of carboxylic acids is 1. The monoisotopic (exact) mass is 478 g/mol. The van der Waals surface area contributed by atoms with Gasteiger partial charge in [0.05, 0.1) is 0 Å². The average Bonchev–Trinajstić information content (AvgIpc) is 3.11. The normalized spacial score (nSPS) is 14.5. The summed E-state index contributed by atoms with van der Waals surface area (Å²) in [5.41, 5.74) is 4.37. The number of amides is 2. The van der Waals surface area contributed by atoms with E-state index in [0.29, 0.717) is 0 Å². The minimum Gasteiger partial charge on any atom is -0.479 e. The molecule has 0 saturated heterocycles. The highest BCUT2D eigenvalue weighted by Crippen LogP contribution is 2.44. The zero-order valence-corrected chi connectivity index (χ0v) is 18.4. The van der Waals surface area contributed by atoms with Gasteiger partial charge in [-0.15, -0.1) is 0 Å². The summed E-state index contributed by atoms with van der Waals surface area (Å²) in [6.07, 6.45) is -5.88. The molecule has 0 saturated carbocycles. The van der Waals surface area contributed by atoms with Crippen LogP contribution in [0.25, 0.3) is 11.1 Å². The van der Waals surface area contributed by atoms with E-state index in [1.165, 1.54) is 5.32 Å². The van der Waals surface area contributed by atoms with Crippen LogP contribution in [0, 0.1) is 5.92 Å². The van der Waals surface area contributed by atoms with Crippen molar-refractivity contribution in [2.75, 3.05) is 13.2 Å². The van der Waals surface area contributed by atoms with Crippen molar-refractivity contribution in [1.82, 2.24) is 10.6 Å². The summed E-state index contributed by atoms with van der Waals surface area (Å²) in [4.78, 5) is 34.6. The SMILES string of the molecule is CC(CCC(=O)NC(C(=O)O)C(F)(F)F)CNC(=O)OCC1c2ccccc2-c2ccccc21. The number of benzene rings is 2. The fraction of sp³-hybridized carbons (Fsp3) is 0.375. The van der Waals surface area contributed by atoms with Gasteiger partial charge >= 0.3 is 18.2 Å². The molecule has 0 heterocycles. The van der Waals surface area contributed by atoms with E-state index in [-0.39, 0.29) is 37.8 Å². The van der Waals surface area contributed by atoms with Gasteiger partial charge < -0.3 is 20.5 Å². The molecule has 0 aliphatic heterocycles. The minimum atomic E-state index is -5.08. The minimum absolute atomic E-state index is 0.0879. The number of hydrogen-bond acceptors (Lipinski definition) is 4. The second kappa shape index (κ2) is 10.6. The molecule has 1 aliphatic rings. The molecule has 0 fully saturated rings. The van der Waals surface area contributed by atoms with E-state index in [0.717, 1.165) is 22.3 Å². The number of nitrogens with one attached hydrogen (secondary N) is 2. The van der Waals surface area contributed by atoms with Gasteiger partial charge in [-0.3, -0.25) is 4.79 Å². The van der Waals surface area contributed by atoms with Crippen LogP contribution < -0.4 is 10.6 Å². The van der Waals surface area contributed by atoms with Crippen molar-refractivity contribution < 1.29 is 37.4 Å². The molecule has 2 unspecified atom stereocenters. The first kappa shape index (κ1) is 25.1. The lowest BCUT2D eigenvalue weighted by molar-refractivity contribution is -0.182.